The van der Waals surface area contributed by atoms with Gasteiger partial charge in [-0.25, -0.2) is 8.78 Å². The number of benzene rings is 1. The van der Waals surface area contributed by atoms with E-state index in [9.17, 15) is 32.3 Å². The lowest BCUT2D eigenvalue weighted by Crippen LogP contribution is -2.31. The number of aromatic carboxylic acids is 1. The standard InChI is InChI=1S/C11H7BrF4O4/c1-11(2,12)10(19)20-8-6(15)4(13)3(9(17)18)5(14)7(8)16/h1-2H3,(H,17,18)/p-1. The normalized spacial score (nSPS) is 11.3. The molecule has 0 saturated carbocycles. The van der Waals surface area contributed by atoms with Gasteiger partial charge in [-0.15, -0.1) is 0 Å². The number of carboxylic acid groups (broad SMARTS) is 1. The van der Waals surface area contributed by atoms with E-state index in [0.29, 0.717) is 0 Å². The number of alkyl halides is 1. The first-order valence-electron chi connectivity index (χ1n) is 4.97. The van der Waals surface area contributed by atoms with Crippen LogP contribution in [0.5, 0.6) is 5.75 Å². The molecule has 1 rings (SSSR count). The molecule has 0 spiro atoms. The van der Waals surface area contributed by atoms with Crippen molar-refractivity contribution in [3.8, 4) is 5.75 Å². The molecule has 9 heteroatoms. The molecule has 4 nitrogen and oxygen atoms in total. The lowest BCUT2D eigenvalue weighted by Gasteiger charge is -2.17. The van der Waals surface area contributed by atoms with E-state index in [-0.39, 0.29) is 0 Å². The third-order valence-corrected chi connectivity index (χ3v) is 2.43. The van der Waals surface area contributed by atoms with Gasteiger partial charge in [0.15, 0.2) is 11.6 Å². The Labute approximate surface area is 118 Å². The number of hydrogen-bond acceptors (Lipinski definition) is 4. The third kappa shape index (κ3) is 2.92. The van der Waals surface area contributed by atoms with E-state index >= 15 is 0 Å². The van der Waals surface area contributed by atoms with Gasteiger partial charge in [-0.05, 0) is 13.8 Å². The molecule has 0 unspecified atom stereocenters. The van der Waals surface area contributed by atoms with Crippen LogP contribution in [-0.4, -0.2) is 16.3 Å². The lowest BCUT2D eigenvalue weighted by atomic mass is 10.1. The summed E-state index contributed by atoms with van der Waals surface area (Å²) in [6.07, 6.45) is 0. The Morgan fingerprint density at radius 1 is 1.05 bits per heavy atom. The van der Waals surface area contributed by atoms with E-state index < -0.39 is 50.8 Å². The molecule has 0 saturated heterocycles. The van der Waals surface area contributed by atoms with Gasteiger partial charge in [0, 0.05) is 0 Å². The third-order valence-electron chi connectivity index (χ3n) is 2.11. The zero-order chi connectivity index (χ0) is 15.8. The molecule has 1 aromatic rings. The van der Waals surface area contributed by atoms with E-state index in [0.717, 1.165) is 0 Å². The molecular formula is C11H6BrF4O4-. The van der Waals surface area contributed by atoms with Crippen molar-refractivity contribution < 1.29 is 37.0 Å². The van der Waals surface area contributed by atoms with Crippen LogP contribution < -0.4 is 9.84 Å². The van der Waals surface area contributed by atoms with Crippen molar-refractivity contribution >= 4 is 27.9 Å². The highest BCUT2D eigenvalue weighted by Crippen LogP contribution is 2.31. The Kier molecular flexibility index (Phi) is 4.42. The minimum atomic E-state index is -2.45. The van der Waals surface area contributed by atoms with Gasteiger partial charge in [-0.2, -0.15) is 8.78 Å². The molecule has 0 bridgehead atoms. The fraction of sp³-hybridized carbons (Fsp3) is 0.273. The lowest BCUT2D eigenvalue weighted by molar-refractivity contribution is -0.255. The second-order valence-electron chi connectivity index (χ2n) is 4.11. The maximum Gasteiger partial charge on any atom is 0.327 e. The minimum absolute atomic E-state index is 1.24. The molecular weight excluding hydrogens is 352 g/mol. The highest BCUT2D eigenvalue weighted by Gasteiger charge is 2.32. The molecule has 1 aromatic carbocycles. The Hall–Kier alpha value is -1.64. The predicted molar refractivity (Wildman–Crippen MR) is 59.2 cm³/mol. The van der Waals surface area contributed by atoms with Gasteiger partial charge in [0.25, 0.3) is 0 Å². The van der Waals surface area contributed by atoms with Crippen LogP contribution in [0.3, 0.4) is 0 Å². The zero-order valence-corrected chi connectivity index (χ0v) is 11.6. The molecule has 0 N–H and O–H groups in total. The number of carbonyl (C=O) groups is 2. The Bertz CT molecular complexity index is 566. The average Bonchev–Trinajstić information content (AvgIpc) is 2.30. The molecule has 0 amide bonds. The zero-order valence-electron chi connectivity index (χ0n) is 10.0. The number of esters is 1. The van der Waals surface area contributed by atoms with Crippen LogP contribution in [0.2, 0.25) is 0 Å². The molecule has 0 aliphatic rings. The SMILES string of the molecule is CC(C)(Br)C(=O)Oc1c(F)c(F)c(C(=O)[O-])c(F)c1F. The topological polar surface area (TPSA) is 66.4 Å². The number of halogens is 5. The van der Waals surface area contributed by atoms with E-state index in [4.69, 9.17) is 0 Å². The molecule has 0 aliphatic heterocycles. The molecule has 0 heterocycles. The highest BCUT2D eigenvalue weighted by atomic mass is 79.9. The van der Waals surface area contributed by atoms with E-state index in [1.807, 2.05) is 0 Å². The Balaban J connectivity index is 3.45. The van der Waals surface area contributed by atoms with Crippen molar-refractivity contribution in [3.63, 3.8) is 0 Å². The fourth-order valence-corrected chi connectivity index (χ4v) is 1.18. The Morgan fingerprint density at radius 3 is 1.75 bits per heavy atom. The summed E-state index contributed by atoms with van der Waals surface area (Å²) in [5.74, 6) is -14.1. The maximum absolute atomic E-state index is 13.4. The molecule has 20 heavy (non-hydrogen) atoms. The quantitative estimate of drug-likeness (QED) is 0.271. The first-order chi connectivity index (χ1) is 8.98. The number of ether oxygens (including phenoxy) is 1. The van der Waals surface area contributed by atoms with Crippen molar-refractivity contribution in [2.45, 2.75) is 18.2 Å². The van der Waals surface area contributed by atoms with Crippen molar-refractivity contribution in [2.24, 2.45) is 0 Å². The van der Waals surface area contributed by atoms with Crippen LogP contribution in [0, 0.1) is 23.3 Å². The summed E-state index contributed by atoms with van der Waals surface area (Å²) in [6.45, 7) is 2.51. The van der Waals surface area contributed by atoms with Gasteiger partial charge >= 0.3 is 5.97 Å². The molecule has 0 aromatic heterocycles. The number of rotatable bonds is 3. The summed E-state index contributed by atoms with van der Waals surface area (Å²) >= 11 is 2.81. The molecule has 110 valence electrons. The first-order valence-corrected chi connectivity index (χ1v) is 5.76. The van der Waals surface area contributed by atoms with Gasteiger partial charge in [-0.3, -0.25) is 4.79 Å². The number of carbonyl (C=O) groups excluding carboxylic acids is 2. The van der Waals surface area contributed by atoms with Gasteiger partial charge < -0.3 is 14.6 Å². The minimum Gasteiger partial charge on any atom is -0.545 e. The Morgan fingerprint density at radius 2 is 1.45 bits per heavy atom. The van der Waals surface area contributed by atoms with Crippen LogP contribution in [0.1, 0.15) is 24.2 Å². The fourth-order valence-electron chi connectivity index (χ4n) is 1.09. The van der Waals surface area contributed by atoms with E-state index in [1.165, 1.54) is 13.8 Å². The van der Waals surface area contributed by atoms with Crippen molar-refractivity contribution in [3.05, 3.63) is 28.8 Å². The predicted octanol–water partition coefficient (Wildman–Crippen LogP) is 1.69. The van der Waals surface area contributed by atoms with Crippen molar-refractivity contribution in [1.29, 1.82) is 0 Å². The number of carboxylic acids is 1. The molecule has 0 atom stereocenters. The second-order valence-corrected chi connectivity index (χ2v) is 6.09. The van der Waals surface area contributed by atoms with Gasteiger partial charge in [0.2, 0.25) is 17.4 Å². The number of hydrogen-bond donors (Lipinski definition) is 0. The van der Waals surface area contributed by atoms with Gasteiger partial charge in [-0.1, -0.05) is 15.9 Å². The largest absolute Gasteiger partial charge is 0.545 e. The molecule has 0 radical (unpaired) electrons. The summed E-state index contributed by atoms with van der Waals surface area (Å²) < 4.78 is 56.3. The van der Waals surface area contributed by atoms with Crippen molar-refractivity contribution in [2.75, 3.05) is 0 Å². The first kappa shape index (κ1) is 16.4. The van der Waals surface area contributed by atoms with Crippen LogP contribution in [0.25, 0.3) is 0 Å². The van der Waals surface area contributed by atoms with Gasteiger partial charge in [0.1, 0.15) is 4.32 Å². The van der Waals surface area contributed by atoms with Crippen LogP contribution in [-0.2, 0) is 4.79 Å². The summed E-state index contributed by atoms with van der Waals surface area (Å²) in [6, 6.07) is 0. The van der Waals surface area contributed by atoms with Gasteiger partial charge in [0.05, 0.1) is 11.5 Å². The van der Waals surface area contributed by atoms with E-state index in [1.54, 1.807) is 0 Å². The van der Waals surface area contributed by atoms with Crippen molar-refractivity contribution in [1.82, 2.24) is 0 Å². The smallest absolute Gasteiger partial charge is 0.327 e. The molecule has 0 aliphatic carbocycles. The summed E-state index contributed by atoms with van der Waals surface area (Å²) in [7, 11) is 0. The highest BCUT2D eigenvalue weighted by molar-refractivity contribution is 9.10. The summed E-state index contributed by atoms with van der Waals surface area (Å²) in [5, 5.41) is 10.4. The van der Waals surface area contributed by atoms with Crippen LogP contribution in [0.4, 0.5) is 17.6 Å². The molecule has 0 fully saturated rings. The van der Waals surface area contributed by atoms with Crippen LogP contribution >= 0.6 is 15.9 Å². The second kappa shape index (κ2) is 5.39. The summed E-state index contributed by atoms with van der Waals surface area (Å²) in [5.41, 5.74) is -1.92. The maximum atomic E-state index is 13.4. The van der Waals surface area contributed by atoms with E-state index in [2.05, 4.69) is 20.7 Å². The van der Waals surface area contributed by atoms with Crippen LogP contribution in [0.15, 0.2) is 0 Å². The monoisotopic (exact) mass is 357 g/mol. The summed E-state index contributed by atoms with van der Waals surface area (Å²) in [4.78, 5) is 21.8. The average molecular weight is 358 g/mol.